The molecule has 1 aliphatic heterocycles. The van der Waals surface area contributed by atoms with E-state index in [4.69, 9.17) is 5.26 Å². The van der Waals surface area contributed by atoms with Crippen molar-refractivity contribution >= 4 is 12.0 Å². The number of carbonyl (C=O) groups is 1. The fourth-order valence-corrected chi connectivity index (χ4v) is 3.17. The van der Waals surface area contributed by atoms with Gasteiger partial charge in [0.2, 0.25) is 5.91 Å². The molecule has 0 radical (unpaired) electrons. The largest absolute Gasteiger partial charge is 0.336 e. The maximum Gasteiger partial charge on any atom is 0.246 e. The van der Waals surface area contributed by atoms with Crippen LogP contribution in [0.3, 0.4) is 0 Å². The van der Waals surface area contributed by atoms with Crippen molar-refractivity contribution in [1.82, 2.24) is 4.90 Å². The van der Waals surface area contributed by atoms with E-state index in [9.17, 15) is 4.79 Å². The molecule has 2 fully saturated rings. The number of carbonyl (C=O) groups excluding carboxylic acids is 1. The van der Waals surface area contributed by atoms with Gasteiger partial charge in [-0.25, -0.2) is 0 Å². The zero-order valence-electron chi connectivity index (χ0n) is 10.7. The van der Waals surface area contributed by atoms with Crippen LogP contribution in [-0.2, 0) is 4.79 Å². The number of fused-ring (bicyclic) bond motifs is 2. The first-order chi connectivity index (χ1) is 9.26. The van der Waals surface area contributed by atoms with E-state index in [1.807, 2.05) is 17.0 Å². The lowest BCUT2D eigenvalue weighted by Gasteiger charge is -2.25. The molecule has 1 heterocycles. The number of likely N-dealkylation sites (tertiary alicyclic amines) is 1. The zero-order valence-corrected chi connectivity index (χ0v) is 10.7. The Morgan fingerprint density at radius 3 is 3.00 bits per heavy atom. The van der Waals surface area contributed by atoms with Crippen LogP contribution >= 0.6 is 0 Å². The predicted molar refractivity (Wildman–Crippen MR) is 73.0 cm³/mol. The summed E-state index contributed by atoms with van der Waals surface area (Å²) in [6.07, 6.45) is 7.06. The predicted octanol–water partition coefficient (Wildman–Crippen LogP) is 2.58. The van der Waals surface area contributed by atoms with Gasteiger partial charge in [-0.1, -0.05) is 12.1 Å². The molecule has 0 N–H and O–H groups in total. The van der Waals surface area contributed by atoms with E-state index in [0.29, 0.717) is 11.6 Å². The molecule has 19 heavy (non-hydrogen) atoms. The van der Waals surface area contributed by atoms with E-state index in [2.05, 4.69) is 6.07 Å². The van der Waals surface area contributed by atoms with Crippen molar-refractivity contribution in [3.8, 4) is 6.07 Å². The molecule has 2 bridgehead atoms. The Kier molecular flexibility index (Phi) is 3.08. The number of nitrogens with zero attached hydrogens (tertiary/aromatic N) is 2. The van der Waals surface area contributed by atoms with Gasteiger partial charge in [0.1, 0.15) is 0 Å². The molecule has 1 amide bonds. The van der Waals surface area contributed by atoms with Gasteiger partial charge in [-0.3, -0.25) is 4.79 Å². The maximum absolute atomic E-state index is 12.1. The zero-order chi connectivity index (χ0) is 13.2. The highest BCUT2D eigenvalue weighted by molar-refractivity contribution is 5.92. The van der Waals surface area contributed by atoms with Crippen molar-refractivity contribution in [2.45, 2.75) is 25.3 Å². The molecule has 0 spiro atoms. The van der Waals surface area contributed by atoms with Gasteiger partial charge in [0, 0.05) is 18.7 Å². The fraction of sp³-hybridized carbons (Fsp3) is 0.375. The summed E-state index contributed by atoms with van der Waals surface area (Å²) in [6, 6.07) is 9.86. The molecule has 2 unspecified atom stereocenters. The number of benzene rings is 1. The fourth-order valence-electron chi connectivity index (χ4n) is 3.17. The van der Waals surface area contributed by atoms with Crippen LogP contribution in [0.25, 0.3) is 6.08 Å². The lowest BCUT2D eigenvalue weighted by atomic mass is 10.1. The van der Waals surface area contributed by atoms with Crippen LogP contribution in [0, 0.1) is 17.2 Å². The van der Waals surface area contributed by atoms with E-state index in [1.54, 1.807) is 24.3 Å². The summed E-state index contributed by atoms with van der Waals surface area (Å²) in [5.41, 5.74) is 1.52. The molecular weight excluding hydrogens is 236 g/mol. The van der Waals surface area contributed by atoms with Crippen LogP contribution in [0.5, 0.6) is 0 Å². The van der Waals surface area contributed by atoms with Crippen LogP contribution in [-0.4, -0.2) is 23.4 Å². The second-order valence-corrected chi connectivity index (χ2v) is 5.39. The first kappa shape index (κ1) is 12.0. The molecule has 3 rings (SSSR count). The van der Waals surface area contributed by atoms with Crippen molar-refractivity contribution in [1.29, 1.82) is 5.26 Å². The Labute approximate surface area is 113 Å². The average molecular weight is 252 g/mol. The summed E-state index contributed by atoms with van der Waals surface area (Å²) in [4.78, 5) is 14.1. The minimum atomic E-state index is 0.106. The molecule has 3 nitrogen and oxygen atoms in total. The molecule has 1 aromatic carbocycles. The van der Waals surface area contributed by atoms with Crippen LogP contribution < -0.4 is 0 Å². The molecule has 2 atom stereocenters. The third-order valence-electron chi connectivity index (χ3n) is 4.13. The molecular formula is C16H16N2O. The Hall–Kier alpha value is -2.08. The third-order valence-corrected chi connectivity index (χ3v) is 4.13. The number of rotatable bonds is 2. The van der Waals surface area contributed by atoms with Crippen LogP contribution in [0.15, 0.2) is 30.3 Å². The standard InChI is InChI=1S/C16H16N2O/c17-10-13-3-1-2-12(8-13)5-7-16(19)18-11-14-4-6-15(18)9-14/h1-3,5,7-8,14-15H,4,6,9,11H2/b7-5+. The highest BCUT2D eigenvalue weighted by atomic mass is 16.2. The number of piperidine rings is 1. The minimum Gasteiger partial charge on any atom is -0.336 e. The second kappa shape index (κ2) is 4.89. The smallest absolute Gasteiger partial charge is 0.246 e. The van der Waals surface area contributed by atoms with E-state index >= 15 is 0 Å². The second-order valence-electron chi connectivity index (χ2n) is 5.39. The van der Waals surface area contributed by atoms with Crippen LogP contribution in [0.2, 0.25) is 0 Å². The van der Waals surface area contributed by atoms with Gasteiger partial charge in [0.25, 0.3) is 0 Å². The minimum absolute atomic E-state index is 0.106. The highest BCUT2D eigenvalue weighted by Crippen LogP contribution is 2.37. The molecule has 1 saturated heterocycles. The SMILES string of the molecule is N#Cc1cccc(/C=C/C(=O)N2CC3CCC2C3)c1. The molecule has 3 heteroatoms. The third kappa shape index (κ3) is 2.39. The van der Waals surface area contributed by atoms with Gasteiger partial charge < -0.3 is 4.90 Å². The first-order valence-corrected chi connectivity index (χ1v) is 6.75. The van der Waals surface area contributed by atoms with Crippen LogP contribution in [0.1, 0.15) is 30.4 Å². The van der Waals surface area contributed by atoms with Gasteiger partial charge in [-0.2, -0.15) is 5.26 Å². The average Bonchev–Trinajstić information content (AvgIpc) is 3.07. The summed E-state index contributed by atoms with van der Waals surface area (Å²) in [7, 11) is 0. The lowest BCUT2D eigenvalue weighted by molar-refractivity contribution is -0.127. The molecule has 1 saturated carbocycles. The lowest BCUT2D eigenvalue weighted by Crippen LogP contribution is -2.36. The monoisotopic (exact) mass is 252 g/mol. The summed E-state index contributed by atoms with van der Waals surface area (Å²) >= 11 is 0. The normalized spacial score (nSPS) is 24.9. The van der Waals surface area contributed by atoms with E-state index in [0.717, 1.165) is 24.4 Å². The number of hydrogen-bond donors (Lipinski definition) is 0. The Morgan fingerprint density at radius 2 is 2.32 bits per heavy atom. The van der Waals surface area contributed by atoms with Crippen molar-refractivity contribution in [3.05, 3.63) is 41.5 Å². The van der Waals surface area contributed by atoms with Crippen molar-refractivity contribution < 1.29 is 4.79 Å². The number of nitriles is 1. The van der Waals surface area contributed by atoms with Gasteiger partial charge >= 0.3 is 0 Å². The van der Waals surface area contributed by atoms with Crippen molar-refractivity contribution in [2.24, 2.45) is 5.92 Å². The van der Waals surface area contributed by atoms with Gasteiger partial charge in [0.05, 0.1) is 11.6 Å². The Morgan fingerprint density at radius 1 is 1.42 bits per heavy atom. The van der Waals surface area contributed by atoms with E-state index < -0.39 is 0 Å². The molecule has 1 aliphatic carbocycles. The molecule has 96 valence electrons. The van der Waals surface area contributed by atoms with Crippen molar-refractivity contribution in [3.63, 3.8) is 0 Å². The topological polar surface area (TPSA) is 44.1 Å². The van der Waals surface area contributed by atoms with Crippen LogP contribution in [0.4, 0.5) is 0 Å². The van der Waals surface area contributed by atoms with Gasteiger partial charge in [-0.15, -0.1) is 0 Å². The first-order valence-electron chi connectivity index (χ1n) is 6.75. The quantitative estimate of drug-likeness (QED) is 0.759. The summed E-state index contributed by atoms with van der Waals surface area (Å²) in [6.45, 7) is 0.923. The summed E-state index contributed by atoms with van der Waals surface area (Å²) < 4.78 is 0. The molecule has 0 aromatic heterocycles. The molecule has 2 aliphatic rings. The van der Waals surface area contributed by atoms with E-state index in [-0.39, 0.29) is 5.91 Å². The maximum atomic E-state index is 12.1. The number of hydrogen-bond acceptors (Lipinski definition) is 2. The number of amides is 1. The van der Waals surface area contributed by atoms with E-state index in [1.165, 1.54) is 12.8 Å². The highest BCUT2D eigenvalue weighted by Gasteiger charge is 2.39. The summed E-state index contributed by atoms with van der Waals surface area (Å²) in [5, 5.41) is 8.83. The van der Waals surface area contributed by atoms with Crippen molar-refractivity contribution in [2.75, 3.05) is 6.54 Å². The Bertz CT molecular complexity index is 570. The molecule has 1 aromatic rings. The summed E-state index contributed by atoms with van der Waals surface area (Å²) in [5.74, 6) is 0.832. The van der Waals surface area contributed by atoms with Gasteiger partial charge in [-0.05, 0) is 49.0 Å². The Balaban J connectivity index is 1.69. The van der Waals surface area contributed by atoms with Gasteiger partial charge in [0.15, 0.2) is 0 Å².